The third-order valence-corrected chi connectivity index (χ3v) is 6.54. The summed E-state index contributed by atoms with van der Waals surface area (Å²) in [5, 5.41) is 40.5. The molecule has 0 amide bonds. The monoisotopic (exact) mass is 493 g/mol. The van der Waals surface area contributed by atoms with Crippen LogP contribution < -0.4 is 0 Å². The van der Waals surface area contributed by atoms with Crippen molar-refractivity contribution >= 4 is 5.97 Å². The van der Waals surface area contributed by atoms with Crippen molar-refractivity contribution in [1.82, 2.24) is 0 Å². The Bertz CT molecular complexity index is 787. The Morgan fingerprint density at radius 3 is 2.60 bits per heavy atom. The van der Waals surface area contributed by atoms with Gasteiger partial charge in [0.1, 0.15) is 12.7 Å². The van der Waals surface area contributed by atoms with E-state index in [1.54, 1.807) is 0 Å². The lowest BCUT2D eigenvalue weighted by molar-refractivity contribution is -0.759. The van der Waals surface area contributed by atoms with Gasteiger partial charge in [-0.3, -0.25) is 4.79 Å². The summed E-state index contributed by atoms with van der Waals surface area (Å²) in [5.41, 5.74) is 1.19. The van der Waals surface area contributed by atoms with E-state index in [4.69, 9.17) is 4.74 Å². The van der Waals surface area contributed by atoms with Gasteiger partial charge in [0.15, 0.2) is 0 Å². The largest absolute Gasteiger partial charge is 0.461 e. The lowest BCUT2D eigenvalue weighted by Gasteiger charge is -2.23. The van der Waals surface area contributed by atoms with E-state index in [0.717, 1.165) is 6.42 Å². The molecule has 1 saturated carbocycles. The van der Waals surface area contributed by atoms with Crippen LogP contribution in [-0.4, -0.2) is 57.4 Å². The summed E-state index contributed by atoms with van der Waals surface area (Å²) in [6.45, 7) is 1.24. The third-order valence-electron chi connectivity index (χ3n) is 6.54. The number of unbranched alkanes of at least 4 members (excludes halogenated alkanes) is 1. The van der Waals surface area contributed by atoms with E-state index >= 15 is 0 Å². The molecule has 1 aromatic rings. The van der Waals surface area contributed by atoms with Gasteiger partial charge >= 0.3 is 5.97 Å². The van der Waals surface area contributed by atoms with Crippen LogP contribution in [0.3, 0.4) is 0 Å². The van der Waals surface area contributed by atoms with Crippen molar-refractivity contribution in [2.24, 2.45) is 11.8 Å². The van der Waals surface area contributed by atoms with Gasteiger partial charge < -0.3 is 24.9 Å². The maximum atomic E-state index is 11.8. The minimum absolute atomic E-state index is 0.0566. The summed E-state index contributed by atoms with van der Waals surface area (Å²) in [6, 6.07) is 10.0. The Balaban J connectivity index is 1.66. The number of ether oxygens (including phenoxy) is 1. The van der Waals surface area contributed by atoms with Crippen LogP contribution in [0.25, 0.3) is 0 Å². The molecule has 0 radical (unpaired) electrons. The Morgan fingerprint density at radius 2 is 1.89 bits per heavy atom. The standard InChI is InChI=1S/C26H39NO8/c1-19(18-34-27(32)33)35-26(31)12-8-3-2-7-11-22-23(25(30)17-24(22)29)16-15-21(28)14-13-20-9-5-4-6-10-20/h2,4-7,9-10,19,21-25,28-30H,3,8,11-18H2,1H3/b7-2-/t19?,21-,22+,23+,24-,25+/m0/s1. The van der Waals surface area contributed by atoms with Crippen molar-refractivity contribution in [1.29, 1.82) is 0 Å². The molecule has 1 aliphatic rings. The van der Waals surface area contributed by atoms with Crippen molar-refractivity contribution < 1.29 is 34.8 Å². The van der Waals surface area contributed by atoms with Crippen molar-refractivity contribution in [3.8, 4) is 0 Å². The van der Waals surface area contributed by atoms with Gasteiger partial charge in [0.2, 0.25) is 0 Å². The molecule has 9 heteroatoms. The Hall–Kier alpha value is -2.49. The number of benzene rings is 1. The molecule has 3 N–H and O–H groups in total. The number of aliphatic hydroxyl groups excluding tert-OH is 3. The zero-order valence-corrected chi connectivity index (χ0v) is 20.4. The normalized spacial score (nSPS) is 23.8. The van der Waals surface area contributed by atoms with E-state index < -0.39 is 35.5 Å². The number of nitrogens with zero attached hydrogens (tertiary/aromatic N) is 1. The average Bonchev–Trinajstić information content (AvgIpc) is 3.09. The molecule has 35 heavy (non-hydrogen) atoms. The second-order valence-corrected chi connectivity index (χ2v) is 9.37. The first kappa shape index (κ1) is 28.7. The van der Waals surface area contributed by atoms with Gasteiger partial charge in [-0.05, 0) is 75.7 Å². The minimum Gasteiger partial charge on any atom is -0.461 e. The van der Waals surface area contributed by atoms with Crippen LogP contribution in [0.2, 0.25) is 0 Å². The molecule has 1 fully saturated rings. The lowest BCUT2D eigenvalue weighted by atomic mass is 9.85. The maximum absolute atomic E-state index is 11.8. The Kier molecular flexibility index (Phi) is 12.7. The Labute approximate surface area is 206 Å². The molecule has 0 heterocycles. The summed E-state index contributed by atoms with van der Waals surface area (Å²) in [6.07, 6.45) is 6.81. The van der Waals surface area contributed by atoms with Gasteiger partial charge in [-0.1, -0.05) is 42.5 Å². The smallest absolute Gasteiger partial charge is 0.306 e. The van der Waals surface area contributed by atoms with Crippen molar-refractivity contribution in [2.45, 2.75) is 89.1 Å². The summed E-state index contributed by atoms with van der Waals surface area (Å²) in [7, 11) is 0. The second-order valence-electron chi connectivity index (χ2n) is 9.37. The van der Waals surface area contributed by atoms with Crippen LogP contribution in [0.4, 0.5) is 0 Å². The lowest BCUT2D eigenvalue weighted by Crippen LogP contribution is -2.23. The topological polar surface area (TPSA) is 139 Å². The molecule has 6 atom stereocenters. The first-order chi connectivity index (χ1) is 16.8. The van der Waals surface area contributed by atoms with E-state index in [2.05, 4.69) is 4.84 Å². The summed E-state index contributed by atoms with van der Waals surface area (Å²) >= 11 is 0. The highest BCUT2D eigenvalue weighted by molar-refractivity contribution is 5.69. The molecule has 0 bridgehead atoms. The molecule has 1 unspecified atom stereocenters. The van der Waals surface area contributed by atoms with E-state index in [-0.39, 0.29) is 24.9 Å². The number of aryl methyl sites for hydroxylation is 1. The molecule has 1 aliphatic carbocycles. The van der Waals surface area contributed by atoms with E-state index in [0.29, 0.717) is 44.9 Å². The molecule has 2 rings (SSSR count). The first-order valence-corrected chi connectivity index (χ1v) is 12.5. The number of esters is 1. The molecule has 0 saturated heterocycles. The van der Waals surface area contributed by atoms with Gasteiger partial charge in [-0.15, -0.1) is 10.1 Å². The van der Waals surface area contributed by atoms with Gasteiger partial charge in [0.05, 0.1) is 18.3 Å². The van der Waals surface area contributed by atoms with Gasteiger partial charge in [-0.2, -0.15) is 0 Å². The molecular weight excluding hydrogens is 454 g/mol. The maximum Gasteiger partial charge on any atom is 0.306 e. The zero-order chi connectivity index (χ0) is 25.6. The second kappa shape index (κ2) is 15.5. The van der Waals surface area contributed by atoms with E-state index in [9.17, 15) is 30.2 Å². The fourth-order valence-electron chi connectivity index (χ4n) is 4.63. The van der Waals surface area contributed by atoms with Crippen LogP contribution in [0.1, 0.15) is 63.9 Å². The van der Waals surface area contributed by atoms with Crippen LogP contribution in [0.5, 0.6) is 0 Å². The highest BCUT2D eigenvalue weighted by Crippen LogP contribution is 2.38. The predicted octanol–water partition coefficient (Wildman–Crippen LogP) is 3.37. The van der Waals surface area contributed by atoms with Crippen molar-refractivity contribution in [3.05, 3.63) is 58.2 Å². The van der Waals surface area contributed by atoms with E-state index in [1.807, 2.05) is 42.5 Å². The van der Waals surface area contributed by atoms with Crippen molar-refractivity contribution in [2.75, 3.05) is 6.61 Å². The van der Waals surface area contributed by atoms with Crippen LogP contribution in [0.15, 0.2) is 42.5 Å². The van der Waals surface area contributed by atoms with Crippen LogP contribution >= 0.6 is 0 Å². The van der Waals surface area contributed by atoms with Gasteiger partial charge in [0, 0.05) is 6.42 Å². The number of hydrogen-bond acceptors (Lipinski definition) is 8. The summed E-state index contributed by atoms with van der Waals surface area (Å²) < 4.78 is 5.04. The number of rotatable bonds is 16. The van der Waals surface area contributed by atoms with Gasteiger partial charge in [-0.25, -0.2) is 0 Å². The molecule has 0 aliphatic heterocycles. The highest BCUT2D eigenvalue weighted by Gasteiger charge is 2.40. The minimum atomic E-state index is -0.922. The number of aliphatic hydroxyl groups is 3. The average molecular weight is 494 g/mol. The predicted molar refractivity (Wildman–Crippen MR) is 130 cm³/mol. The molecule has 0 spiro atoms. The fourth-order valence-corrected chi connectivity index (χ4v) is 4.63. The van der Waals surface area contributed by atoms with Gasteiger partial charge in [0.25, 0.3) is 5.09 Å². The number of hydrogen-bond donors (Lipinski definition) is 3. The SMILES string of the molecule is CC(CO[N+](=O)[O-])OC(=O)CCC/C=C\C[C@@H]1[C@@H](CC[C@@H](O)CCc2ccccc2)[C@H](O)C[C@@H]1O. The summed E-state index contributed by atoms with van der Waals surface area (Å²) in [4.78, 5) is 26.1. The van der Waals surface area contributed by atoms with Crippen molar-refractivity contribution in [3.63, 3.8) is 0 Å². The quantitative estimate of drug-likeness (QED) is 0.105. The fraction of sp³-hybridized carbons (Fsp3) is 0.654. The van der Waals surface area contributed by atoms with E-state index in [1.165, 1.54) is 12.5 Å². The number of carbonyl (C=O) groups excluding carboxylic acids is 1. The number of allylic oxidation sites excluding steroid dienone is 2. The third kappa shape index (κ3) is 11.2. The Morgan fingerprint density at radius 1 is 1.17 bits per heavy atom. The highest BCUT2D eigenvalue weighted by atomic mass is 17.0. The first-order valence-electron chi connectivity index (χ1n) is 12.5. The molecule has 9 nitrogen and oxygen atoms in total. The molecule has 1 aromatic carbocycles. The molecule has 196 valence electrons. The van der Waals surface area contributed by atoms with Crippen LogP contribution in [0, 0.1) is 22.0 Å². The summed E-state index contributed by atoms with van der Waals surface area (Å²) in [5.74, 6) is -0.549. The molecule has 0 aromatic heterocycles. The van der Waals surface area contributed by atoms with Crippen LogP contribution in [-0.2, 0) is 20.8 Å². The zero-order valence-electron chi connectivity index (χ0n) is 20.4. The number of carbonyl (C=O) groups is 1. The molecular formula is C26H39NO8.